The smallest absolute Gasteiger partial charge is 0.136 e. The molecule has 1 aromatic carbocycles. The van der Waals surface area contributed by atoms with Gasteiger partial charge in [-0.3, -0.25) is 9.69 Å². The first-order chi connectivity index (χ1) is 11.8. The highest BCUT2D eigenvalue weighted by molar-refractivity contribution is 5.81. The van der Waals surface area contributed by atoms with Crippen LogP contribution in [0, 0.1) is 5.92 Å². The number of rotatable bonds is 9. The van der Waals surface area contributed by atoms with Gasteiger partial charge >= 0.3 is 0 Å². The van der Waals surface area contributed by atoms with Gasteiger partial charge in [-0.15, -0.1) is 6.58 Å². The molecule has 2 unspecified atom stereocenters. The predicted molar refractivity (Wildman–Crippen MR) is 99.8 cm³/mol. The third-order valence-corrected chi connectivity index (χ3v) is 5.88. The summed E-state index contributed by atoms with van der Waals surface area (Å²) in [6, 6.07) is 12.0. The van der Waals surface area contributed by atoms with Crippen molar-refractivity contribution in [3.8, 4) is 0 Å². The van der Waals surface area contributed by atoms with Crippen molar-refractivity contribution in [1.82, 2.24) is 4.90 Å². The van der Waals surface area contributed by atoms with Gasteiger partial charge < -0.3 is 0 Å². The fourth-order valence-corrected chi connectivity index (χ4v) is 4.56. The van der Waals surface area contributed by atoms with E-state index < -0.39 is 0 Å². The van der Waals surface area contributed by atoms with Crippen LogP contribution in [0.15, 0.2) is 43.0 Å². The number of hydrogen-bond donors (Lipinski definition) is 0. The summed E-state index contributed by atoms with van der Waals surface area (Å²) in [5.74, 6) is 0.860. The molecule has 0 N–H and O–H groups in total. The predicted octanol–water partition coefficient (Wildman–Crippen LogP) is 5.14. The maximum absolute atomic E-state index is 12.6. The van der Waals surface area contributed by atoms with Crippen molar-refractivity contribution in [3.63, 3.8) is 0 Å². The van der Waals surface area contributed by atoms with Crippen molar-refractivity contribution in [2.45, 2.75) is 76.4 Å². The minimum Gasteiger partial charge on any atom is -0.299 e. The second kappa shape index (κ2) is 8.62. The van der Waals surface area contributed by atoms with E-state index in [9.17, 15) is 4.79 Å². The van der Waals surface area contributed by atoms with E-state index >= 15 is 0 Å². The van der Waals surface area contributed by atoms with Crippen LogP contribution in [-0.2, 0) is 11.3 Å². The molecular formula is C22H31NO. The quantitative estimate of drug-likeness (QED) is 0.463. The first kappa shape index (κ1) is 17.4. The molecule has 2 heterocycles. The molecular weight excluding hydrogens is 294 g/mol. The molecule has 130 valence electrons. The molecule has 2 heteroatoms. The Bertz CT molecular complexity index is 524. The highest BCUT2D eigenvalue weighted by Crippen LogP contribution is 2.40. The van der Waals surface area contributed by atoms with Gasteiger partial charge in [0.1, 0.15) is 5.78 Å². The molecule has 2 atom stereocenters. The largest absolute Gasteiger partial charge is 0.299 e. The van der Waals surface area contributed by atoms with Crippen LogP contribution in [0.3, 0.4) is 0 Å². The van der Waals surface area contributed by atoms with Crippen LogP contribution in [0.4, 0.5) is 0 Å². The highest BCUT2D eigenvalue weighted by Gasteiger charge is 2.42. The number of fused-ring (bicyclic) bond motifs is 2. The molecule has 0 aliphatic carbocycles. The molecule has 0 amide bonds. The average Bonchev–Trinajstić information content (AvgIpc) is 2.83. The molecule has 0 spiro atoms. The first-order valence-electron chi connectivity index (χ1n) is 9.71. The maximum Gasteiger partial charge on any atom is 0.136 e. The van der Waals surface area contributed by atoms with Crippen molar-refractivity contribution < 1.29 is 4.79 Å². The Morgan fingerprint density at radius 1 is 1.08 bits per heavy atom. The molecule has 24 heavy (non-hydrogen) atoms. The molecule has 0 radical (unpaired) electrons. The summed E-state index contributed by atoms with van der Waals surface area (Å²) < 4.78 is 0. The second-order valence-corrected chi connectivity index (χ2v) is 7.57. The van der Waals surface area contributed by atoms with E-state index in [0.717, 1.165) is 45.1 Å². The standard InChI is InChI=1S/C22H31NO/c1-2-3-4-5-9-12-22(24)19-15-20-13-14-21(16-19)23(20)17-18-10-7-6-8-11-18/h2,6-8,10-11,19-21H,1,3-5,9,12-17H2. The summed E-state index contributed by atoms with van der Waals surface area (Å²) in [7, 11) is 0. The molecule has 2 fully saturated rings. The Hall–Kier alpha value is -1.41. The number of ketones is 1. The number of carbonyl (C=O) groups excluding carboxylic acids is 1. The summed E-state index contributed by atoms with van der Waals surface area (Å²) in [4.78, 5) is 15.2. The lowest BCUT2D eigenvalue weighted by molar-refractivity contribution is -0.125. The minimum atomic E-state index is 0.328. The summed E-state index contributed by atoms with van der Waals surface area (Å²) >= 11 is 0. The van der Waals surface area contributed by atoms with Crippen LogP contribution in [0.25, 0.3) is 0 Å². The number of Topliss-reactive ketones (excluding diaryl/α,β-unsaturated/α-hetero) is 1. The summed E-state index contributed by atoms with van der Waals surface area (Å²) in [6.07, 6.45) is 12.0. The molecule has 2 saturated heterocycles. The van der Waals surface area contributed by atoms with E-state index in [-0.39, 0.29) is 0 Å². The van der Waals surface area contributed by atoms with Crippen molar-refractivity contribution in [3.05, 3.63) is 48.6 Å². The van der Waals surface area contributed by atoms with Crippen LogP contribution in [0.5, 0.6) is 0 Å². The number of nitrogens with zero attached hydrogens (tertiary/aromatic N) is 1. The van der Waals surface area contributed by atoms with E-state index in [1.807, 2.05) is 6.08 Å². The van der Waals surface area contributed by atoms with Crippen molar-refractivity contribution >= 4 is 5.78 Å². The van der Waals surface area contributed by atoms with E-state index in [1.54, 1.807) is 0 Å². The van der Waals surface area contributed by atoms with Crippen LogP contribution in [0.1, 0.15) is 63.4 Å². The maximum atomic E-state index is 12.6. The van der Waals surface area contributed by atoms with Crippen LogP contribution < -0.4 is 0 Å². The topological polar surface area (TPSA) is 20.3 Å². The summed E-state index contributed by atoms with van der Waals surface area (Å²) in [5, 5.41) is 0. The second-order valence-electron chi connectivity index (χ2n) is 7.57. The van der Waals surface area contributed by atoms with Crippen molar-refractivity contribution in [1.29, 1.82) is 0 Å². The summed E-state index contributed by atoms with van der Waals surface area (Å²) in [6.45, 7) is 4.81. The van der Waals surface area contributed by atoms with E-state index in [1.165, 1.54) is 24.8 Å². The lowest BCUT2D eigenvalue weighted by Gasteiger charge is -2.38. The van der Waals surface area contributed by atoms with Gasteiger partial charge in [0.05, 0.1) is 0 Å². The van der Waals surface area contributed by atoms with Crippen molar-refractivity contribution in [2.24, 2.45) is 5.92 Å². The number of allylic oxidation sites excluding steroid dienone is 1. The summed E-state index contributed by atoms with van der Waals surface area (Å²) in [5.41, 5.74) is 1.40. The Balaban J connectivity index is 1.48. The monoisotopic (exact) mass is 325 g/mol. The first-order valence-corrected chi connectivity index (χ1v) is 9.71. The SMILES string of the molecule is C=CCCCCCC(=O)C1CC2CCC(C1)N2Cc1ccccc1. The van der Waals surface area contributed by atoms with Crippen LogP contribution in [0.2, 0.25) is 0 Å². The van der Waals surface area contributed by atoms with Crippen LogP contribution in [-0.4, -0.2) is 22.8 Å². The Labute approximate surface area is 146 Å². The molecule has 2 bridgehead atoms. The number of benzene rings is 1. The highest BCUT2D eigenvalue weighted by atomic mass is 16.1. The zero-order chi connectivity index (χ0) is 16.8. The number of piperidine rings is 1. The fraction of sp³-hybridized carbons (Fsp3) is 0.591. The van der Waals surface area contributed by atoms with Gasteiger partial charge in [0.15, 0.2) is 0 Å². The Kier molecular flexibility index (Phi) is 6.25. The van der Waals surface area contributed by atoms with Gasteiger partial charge in [-0.25, -0.2) is 0 Å². The fourth-order valence-electron chi connectivity index (χ4n) is 4.56. The number of carbonyl (C=O) groups is 1. The molecule has 2 aliphatic heterocycles. The molecule has 2 nitrogen and oxygen atoms in total. The van der Waals surface area contributed by atoms with E-state index in [0.29, 0.717) is 23.8 Å². The molecule has 3 rings (SSSR count). The molecule has 0 saturated carbocycles. The zero-order valence-electron chi connectivity index (χ0n) is 14.8. The van der Waals surface area contributed by atoms with Gasteiger partial charge in [0, 0.05) is 31.0 Å². The third-order valence-electron chi connectivity index (χ3n) is 5.88. The molecule has 1 aromatic rings. The normalized spacial score (nSPS) is 26.4. The third kappa shape index (κ3) is 4.36. The minimum absolute atomic E-state index is 0.328. The van der Waals surface area contributed by atoms with Gasteiger partial charge in [0.2, 0.25) is 0 Å². The average molecular weight is 325 g/mol. The van der Waals surface area contributed by atoms with Gasteiger partial charge in [-0.05, 0) is 50.5 Å². The zero-order valence-corrected chi connectivity index (χ0v) is 14.8. The molecule has 0 aromatic heterocycles. The van der Waals surface area contributed by atoms with E-state index in [4.69, 9.17) is 0 Å². The van der Waals surface area contributed by atoms with Crippen LogP contribution >= 0.6 is 0 Å². The number of hydrogen-bond acceptors (Lipinski definition) is 2. The van der Waals surface area contributed by atoms with Gasteiger partial charge in [-0.2, -0.15) is 0 Å². The van der Waals surface area contributed by atoms with E-state index in [2.05, 4.69) is 41.8 Å². The lowest BCUT2D eigenvalue weighted by Crippen LogP contribution is -2.44. The van der Waals surface area contributed by atoms with Gasteiger partial charge in [-0.1, -0.05) is 42.8 Å². The molecule has 2 aliphatic rings. The Morgan fingerprint density at radius 2 is 1.79 bits per heavy atom. The number of unbranched alkanes of at least 4 members (excludes halogenated alkanes) is 3. The lowest BCUT2D eigenvalue weighted by atomic mass is 9.85. The van der Waals surface area contributed by atoms with Gasteiger partial charge in [0.25, 0.3) is 0 Å². The van der Waals surface area contributed by atoms with Crippen molar-refractivity contribution in [2.75, 3.05) is 0 Å². The Morgan fingerprint density at radius 3 is 2.46 bits per heavy atom.